The van der Waals surface area contributed by atoms with E-state index in [1.807, 2.05) is 6.92 Å². The summed E-state index contributed by atoms with van der Waals surface area (Å²) in [7, 11) is 0. The molecule has 2 rings (SSSR count). The minimum absolute atomic E-state index is 0.00276. The molecule has 0 radical (unpaired) electrons. The number of rotatable bonds is 17. The van der Waals surface area contributed by atoms with Crippen molar-refractivity contribution in [3.63, 3.8) is 0 Å². The second-order valence-corrected chi connectivity index (χ2v) is 11.8. The van der Waals surface area contributed by atoms with E-state index in [-0.39, 0.29) is 37.5 Å². The maximum Gasteiger partial charge on any atom is 0.284 e. The highest BCUT2D eigenvalue weighted by molar-refractivity contribution is 6.24. The predicted molar refractivity (Wildman–Crippen MR) is 166 cm³/mol. The number of hydrogen-bond donors (Lipinski definition) is 6. The van der Waals surface area contributed by atoms with E-state index in [0.717, 1.165) is 0 Å². The van der Waals surface area contributed by atoms with Crippen molar-refractivity contribution in [3.8, 4) is 0 Å². The van der Waals surface area contributed by atoms with Crippen LogP contribution in [-0.4, -0.2) is 89.3 Å². The van der Waals surface area contributed by atoms with Crippen LogP contribution < -0.4 is 32.7 Å². The fourth-order valence-electron chi connectivity index (χ4n) is 5.20. The molecule has 6 atom stereocenters. The van der Waals surface area contributed by atoms with Crippen LogP contribution in [0.25, 0.3) is 0 Å². The van der Waals surface area contributed by atoms with Gasteiger partial charge in [0.2, 0.25) is 41.7 Å². The Morgan fingerprint density at radius 2 is 1.54 bits per heavy atom. The van der Waals surface area contributed by atoms with Crippen molar-refractivity contribution in [1.82, 2.24) is 26.2 Å². The Bertz CT molecular complexity index is 1290. The van der Waals surface area contributed by atoms with Crippen LogP contribution in [0.4, 0.5) is 0 Å². The molecule has 0 aromatic heterocycles. The molecule has 46 heavy (non-hydrogen) atoms. The first kappa shape index (κ1) is 37.4. The highest BCUT2D eigenvalue weighted by Gasteiger charge is 2.40. The van der Waals surface area contributed by atoms with Gasteiger partial charge in [-0.3, -0.25) is 38.4 Å². The molecule has 1 heterocycles. The van der Waals surface area contributed by atoms with Gasteiger partial charge in [0.25, 0.3) is 5.91 Å². The topological polar surface area (TPSA) is 240 Å². The number of benzene rings is 1. The molecule has 1 saturated heterocycles. The molecular formula is C31H45N7O8. The Morgan fingerprint density at radius 3 is 2.09 bits per heavy atom. The number of nitrogens with two attached hydrogens (primary N) is 2. The number of aldehydes is 1. The minimum atomic E-state index is -1.52. The second-order valence-electron chi connectivity index (χ2n) is 11.8. The molecule has 1 aliphatic rings. The zero-order valence-corrected chi connectivity index (χ0v) is 26.6. The first-order chi connectivity index (χ1) is 21.7. The summed E-state index contributed by atoms with van der Waals surface area (Å²) in [5.41, 5.74) is 11.4. The molecule has 0 spiro atoms. The molecule has 1 aliphatic heterocycles. The fourth-order valence-corrected chi connectivity index (χ4v) is 5.20. The predicted octanol–water partition coefficient (Wildman–Crippen LogP) is -1.58. The summed E-state index contributed by atoms with van der Waals surface area (Å²) in [4.78, 5) is 101. The van der Waals surface area contributed by atoms with Gasteiger partial charge in [-0.1, -0.05) is 64.4 Å². The van der Waals surface area contributed by atoms with Crippen LogP contribution in [0.3, 0.4) is 0 Å². The molecule has 0 bridgehead atoms. The second kappa shape index (κ2) is 17.6. The smallest absolute Gasteiger partial charge is 0.284 e. The Balaban J connectivity index is 2.33. The Kier molecular flexibility index (Phi) is 14.3. The van der Waals surface area contributed by atoms with E-state index in [2.05, 4.69) is 21.3 Å². The zero-order chi connectivity index (χ0) is 34.6. The Morgan fingerprint density at radius 1 is 0.891 bits per heavy atom. The third-order valence-corrected chi connectivity index (χ3v) is 7.95. The highest BCUT2D eigenvalue weighted by Crippen LogP contribution is 2.21. The summed E-state index contributed by atoms with van der Waals surface area (Å²) >= 11 is 0. The minimum Gasteiger partial charge on any atom is -0.370 e. The average molecular weight is 644 g/mol. The van der Waals surface area contributed by atoms with E-state index in [4.69, 9.17) is 11.5 Å². The molecule has 15 heteroatoms. The maximum atomic E-state index is 14.0. The number of carbonyl (C=O) groups is 8. The monoisotopic (exact) mass is 643 g/mol. The normalized spacial score (nSPS) is 17.5. The quantitative estimate of drug-likeness (QED) is 0.0853. The molecule has 1 fully saturated rings. The number of nitrogens with one attached hydrogen (secondary N) is 4. The van der Waals surface area contributed by atoms with Gasteiger partial charge in [0.1, 0.15) is 30.2 Å². The lowest BCUT2D eigenvalue weighted by Gasteiger charge is -2.32. The van der Waals surface area contributed by atoms with Crippen molar-refractivity contribution in [1.29, 1.82) is 0 Å². The fraction of sp³-hybridized carbons (Fsp3) is 0.548. The summed E-state index contributed by atoms with van der Waals surface area (Å²) in [6, 6.07) is 3.03. The van der Waals surface area contributed by atoms with Gasteiger partial charge in [0.15, 0.2) is 0 Å². The third-order valence-electron chi connectivity index (χ3n) is 7.95. The van der Waals surface area contributed by atoms with Crippen LogP contribution in [0, 0.1) is 11.8 Å². The van der Waals surface area contributed by atoms with E-state index in [1.165, 1.54) is 4.90 Å². The first-order valence-corrected chi connectivity index (χ1v) is 15.3. The van der Waals surface area contributed by atoms with Gasteiger partial charge >= 0.3 is 0 Å². The molecule has 8 N–H and O–H groups in total. The molecule has 0 aliphatic carbocycles. The van der Waals surface area contributed by atoms with Crippen molar-refractivity contribution in [2.45, 2.75) is 90.0 Å². The average Bonchev–Trinajstić information content (AvgIpc) is 3.51. The van der Waals surface area contributed by atoms with E-state index < -0.39 is 78.0 Å². The number of likely N-dealkylation sites (tertiary alicyclic amines) is 1. The lowest BCUT2D eigenvalue weighted by Crippen LogP contribution is -2.60. The van der Waals surface area contributed by atoms with E-state index in [0.29, 0.717) is 18.4 Å². The summed E-state index contributed by atoms with van der Waals surface area (Å²) < 4.78 is 0. The van der Waals surface area contributed by atoms with Crippen LogP contribution in [0.1, 0.15) is 58.9 Å². The summed E-state index contributed by atoms with van der Waals surface area (Å²) in [6.07, 6.45) is 0.584. The van der Waals surface area contributed by atoms with Crippen molar-refractivity contribution in [2.24, 2.45) is 23.3 Å². The van der Waals surface area contributed by atoms with Crippen molar-refractivity contribution in [3.05, 3.63) is 35.9 Å². The number of primary amides is 2. The molecule has 15 nitrogen and oxygen atoms in total. The number of carbonyl (C=O) groups excluding carboxylic acids is 8. The van der Waals surface area contributed by atoms with Gasteiger partial charge in [0, 0.05) is 13.0 Å². The first-order valence-electron chi connectivity index (χ1n) is 15.3. The van der Waals surface area contributed by atoms with Gasteiger partial charge in [-0.05, 0) is 30.2 Å². The summed E-state index contributed by atoms with van der Waals surface area (Å²) in [5.74, 6) is -6.10. The lowest BCUT2D eigenvalue weighted by molar-refractivity contribution is -0.143. The molecule has 7 amide bonds. The highest BCUT2D eigenvalue weighted by atomic mass is 16.2. The van der Waals surface area contributed by atoms with E-state index >= 15 is 0 Å². The molecule has 1 aromatic rings. The molecule has 0 saturated carbocycles. The van der Waals surface area contributed by atoms with Crippen molar-refractivity contribution < 1.29 is 38.4 Å². The van der Waals surface area contributed by atoms with Gasteiger partial charge in [-0.2, -0.15) is 0 Å². The van der Waals surface area contributed by atoms with Crippen LogP contribution >= 0.6 is 0 Å². The lowest BCUT2D eigenvalue weighted by atomic mass is 9.96. The zero-order valence-electron chi connectivity index (χ0n) is 26.6. The van der Waals surface area contributed by atoms with Gasteiger partial charge < -0.3 is 37.6 Å². The number of nitrogens with zero attached hydrogens (tertiary/aromatic N) is 1. The molecular weight excluding hydrogens is 598 g/mol. The third kappa shape index (κ3) is 10.7. The van der Waals surface area contributed by atoms with Crippen molar-refractivity contribution in [2.75, 3.05) is 6.54 Å². The van der Waals surface area contributed by atoms with Gasteiger partial charge in [-0.15, -0.1) is 0 Å². The van der Waals surface area contributed by atoms with Crippen molar-refractivity contribution >= 4 is 47.6 Å². The van der Waals surface area contributed by atoms with Crippen LogP contribution in [-0.2, 0) is 44.8 Å². The van der Waals surface area contributed by atoms with Crippen LogP contribution in [0.5, 0.6) is 0 Å². The molecule has 0 unspecified atom stereocenters. The Hall–Kier alpha value is -4.82. The van der Waals surface area contributed by atoms with Gasteiger partial charge in [-0.25, -0.2) is 0 Å². The van der Waals surface area contributed by atoms with E-state index in [1.54, 1.807) is 51.1 Å². The van der Waals surface area contributed by atoms with Crippen LogP contribution in [0.2, 0.25) is 0 Å². The number of amides is 7. The molecule has 1 aromatic carbocycles. The largest absolute Gasteiger partial charge is 0.370 e. The molecule has 252 valence electrons. The SMILES string of the molecule is CC[C@H](C)[C@H](NC(=O)[C@@H]1CCCN1C(=O)[C@H](Cc1ccccc1)NC(=O)[C@H](CC(N)=O)NC(=O)C=O)C(=O)N[C@H](C(N)=O)C(C)C. The summed E-state index contributed by atoms with van der Waals surface area (Å²) in [5, 5.41) is 10.0. The Labute approximate surface area is 267 Å². The van der Waals surface area contributed by atoms with Gasteiger partial charge in [0.05, 0.1) is 6.42 Å². The number of hydrogen-bond acceptors (Lipinski definition) is 8. The summed E-state index contributed by atoms with van der Waals surface area (Å²) in [6.45, 7) is 7.25. The van der Waals surface area contributed by atoms with Crippen LogP contribution in [0.15, 0.2) is 30.3 Å². The standard InChI is InChI=1S/C31H45N7O8/c1-5-18(4)26(30(45)36-25(17(2)3)27(33)42)37-29(44)22-12-9-13-38(22)31(46)21(14-19-10-7-6-8-11-19)35-28(43)20(15-23(32)40)34-24(41)16-39/h6-8,10-11,16-18,20-22,25-26H,5,9,12-15H2,1-4H3,(H2,32,40)(H2,33,42)(H,34,41)(H,35,43)(H,36,45)(H,37,44)/t18-,20-,21-,22-,25-,26-/m0/s1. The van der Waals surface area contributed by atoms with E-state index in [9.17, 15) is 38.4 Å². The maximum absolute atomic E-state index is 14.0.